The largest absolute Gasteiger partial charge is 0.328 e. The second-order valence-corrected chi connectivity index (χ2v) is 13.8. The third kappa shape index (κ3) is 20.5. The molecular weight excluding hydrogens is 439 g/mol. The molecule has 0 fully saturated rings. The Morgan fingerprint density at radius 2 is 1.18 bits per heavy atom. The van der Waals surface area contributed by atoms with Gasteiger partial charge in [-0.15, -0.1) is 0 Å². The number of unbranched alkanes of at least 4 members (excludes halogenated alkanes) is 9. The van der Waals surface area contributed by atoms with Crippen molar-refractivity contribution in [1.29, 1.82) is 0 Å². The van der Waals surface area contributed by atoms with E-state index in [0.717, 1.165) is 77.0 Å². The molecule has 0 radical (unpaired) electrons. The Morgan fingerprint density at radius 3 is 1.74 bits per heavy atom. The first-order valence-electron chi connectivity index (χ1n) is 13.9. The number of Topliss-reactive ketones (excluding diaryl/α,β-unsaturated/α-hetero) is 1. The van der Waals surface area contributed by atoms with Gasteiger partial charge >= 0.3 is 0 Å². The van der Waals surface area contributed by atoms with Crippen molar-refractivity contribution in [2.24, 2.45) is 0 Å². The van der Waals surface area contributed by atoms with E-state index in [1.807, 2.05) is 20.8 Å². The van der Waals surface area contributed by atoms with Gasteiger partial charge < -0.3 is 4.52 Å². The van der Waals surface area contributed by atoms with Crippen molar-refractivity contribution in [2.45, 2.75) is 136 Å². The van der Waals surface area contributed by atoms with Crippen LogP contribution in [-0.4, -0.2) is 24.2 Å². The van der Waals surface area contributed by atoms with Crippen molar-refractivity contribution in [3.05, 3.63) is 36.5 Å². The number of hydrogen-bond acceptors (Lipinski definition) is 3. The summed E-state index contributed by atoms with van der Waals surface area (Å²) in [5.74, 6) is 0.412. The van der Waals surface area contributed by atoms with E-state index < -0.39 is 7.37 Å². The maximum absolute atomic E-state index is 12.4. The number of hydrogen-bond donors (Lipinski definition) is 0. The first-order valence-corrected chi connectivity index (χ1v) is 16.0. The summed E-state index contributed by atoms with van der Waals surface area (Å²) < 4.78 is 18.1. The summed E-state index contributed by atoms with van der Waals surface area (Å²) in [6.45, 7) is 10.5. The van der Waals surface area contributed by atoms with Crippen LogP contribution in [0.3, 0.4) is 0 Å². The first kappa shape index (κ1) is 33.1. The fourth-order valence-electron chi connectivity index (χ4n) is 3.39. The maximum atomic E-state index is 12.4. The number of ketones is 1. The highest BCUT2D eigenvalue weighted by molar-refractivity contribution is 7.59. The molecule has 0 N–H and O–H groups in total. The van der Waals surface area contributed by atoms with Gasteiger partial charge in [0.15, 0.2) is 0 Å². The van der Waals surface area contributed by atoms with Crippen LogP contribution < -0.4 is 0 Å². The predicted molar refractivity (Wildman–Crippen MR) is 151 cm³/mol. The highest BCUT2D eigenvalue weighted by Crippen LogP contribution is 2.55. The summed E-state index contributed by atoms with van der Waals surface area (Å²) >= 11 is 0. The van der Waals surface area contributed by atoms with Gasteiger partial charge in [-0.05, 0) is 57.8 Å². The van der Waals surface area contributed by atoms with E-state index in [0.29, 0.717) is 12.4 Å². The SMILES string of the molecule is CCCCC/C=C\C/C=C\C/C=C\CCCCC(=O)CCCCCCCOP(C)(=O)C(C)(C)C. The Bertz CT molecular complexity index is 625. The fourth-order valence-corrected chi connectivity index (χ4v) is 4.25. The standard InChI is InChI=1S/C30H55O3P/c1-6-7-8-9-10-11-12-13-14-15-16-17-18-20-23-26-29(31)27-24-21-19-22-25-28-33-34(5,32)30(2,3)4/h10-11,13-14,16-17H,6-9,12,15,18-28H2,1-5H3/b11-10-,14-13-,17-16-. The Hall–Kier alpha value is -0.920. The van der Waals surface area contributed by atoms with Crippen LogP contribution in [-0.2, 0) is 13.9 Å². The van der Waals surface area contributed by atoms with E-state index in [2.05, 4.69) is 43.4 Å². The lowest BCUT2D eigenvalue weighted by atomic mass is 10.0. The van der Waals surface area contributed by atoms with Gasteiger partial charge in [-0.1, -0.05) is 96.3 Å². The molecule has 0 aliphatic heterocycles. The summed E-state index contributed by atoms with van der Waals surface area (Å²) in [5.41, 5.74) is 0. The van der Waals surface area contributed by atoms with Crippen LogP contribution in [0.5, 0.6) is 0 Å². The van der Waals surface area contributed by atoms with Gasteiger partial charge in [-0.2, -0.15) is 0 Å². The lowest BCUT2D eigenvalue weighted by molar-refractivity contribution is -0.119. The van der Waals surface area contributed by atoms with Gasteiger partial charge in [0.2, 0.25) is 7.37 Å². The maximum Gasteiger partial charge on any atom is 0.205 e. The topological polar surface area (TPSA) is 43.4 Å². The van der Waals surface area contributed by atoms with E-state index >= 15 is 0 Å². The van der Waals surface area contributed by atoms with Gasteiger partial charge in [-0.25, -0.2) is 0 Å². The Kier molecular flexibility index (Phi) is 20.8. The number of allylic oxidation sites excluding steroid dienone is 6. The van der Waals surface area contributed by atoms with E-state index in [4.69, 9.17) is 4.52 Å². The molecule has 0 aromatic heterocycles. The highest BCUT2D eigenvalue weighted by Gasteiger charge is 2.32. The minimum atomic E-state index is -2.54. The van der Waals surface area contributed by atoms with Gasteiger partial charge in [0.1, 0.15) is 5.78 Å². The van der Waals surface area contributed by atoms with Gasteiger partial charge in [-0.3, -0.25) is 9.36 Å². The Morgan fingerprint density at radius 1 is 0.706 bits per heavy atom. The molecule has 198 valence electrons. The molecule has 4 heteroatoms. The van der Waals surface area contributed by atoms with Crippen molar-refractivity contribution in [1.82, 2.24) is 0 Å². The summed E-state index contributed by atoms with van der Waals surface area (Å²) in [6.07, 6.45) is 30.6. The third-order valence-corrected chi connectivity index (χ3v) is 9.36. The molecule has 0 aromatic carbocycles. The average Bonchev–Trinajstić information content (AvgIpc) is 2.77. The first-order chi connectivity index (χ1) is 16.2. The second kappa shape index (κ2) is 21.4. The van der Waals surface area contributed by atoms with Crippen molar-refractivity contribution >= 4 is 13.2 Å². The van der Waals surface area contributed by atoms with Crippen molar-refractivity contribution in [2.75, 3.05) is 13.3 Å². The van der Waals surface area contributed by atoms with Crippen molar-refractivity contribution < 1.29 is 13.9 Å². The molecule has 0 aromatic rings. The average molecular weight is 495 g/mol. The Labute approximate surface area is 212 Å². The summed E-state index contributed by atoms with van der Waals surface area (Å²) in [5, 5.41) is -0.286. The highest BCUT2D eigenvalue weighted by atomic mass is 31.2. The molecule has 1 unspecified atom stereocenters. The number of carbonyl (C=O) groups is 1. The molecule has 1 atom stereocenters. The molecule has 0 aliphatic rings. The molecule has 0 saturated heterocycles. The summed E-state index contributed by atoms with van der Waals surface area (Å²) in [7, 11) is -2.54. The van der Waals surface area contributed by atoms with Crippen LogP contribution in [0.2, 0.25) is 0 Å². The smallest absolute Gasteiger partial charge is 0.205 e. The Balaban J connectivity index is 3.50. The van der Waals surface area contributed by atoms with Crippen LogP contribution in [0.25, 0.3) is 0 Å². The molecule has 0 saturated carbocycles. The van der Waals surface area contributed by atoms with Gasteiger partial charge in [0.25, 0.3) is 0 Å². The second-order valence-electron chi connectivity index (χ2n) is 10.5. The van der Waals surface area contributed by atoms with Crippen LogP contribution in [0.15, 0.2) is 36.5 Å². The van der Waals surface area contributed by atoms with E-state index in [-0.39, 0.29) is 5.16 Å². The monoisotopic (exact) mass is 494 g/mol. The quantitative estimate of drug-likeness (QED) is 0.0854. The fraction of sp³-hybridized carbons (Fsp3) is 0.767. The zero-order valence-corrected chi connectivity index (χ0v) is 24.1. The minimum absolute atomic E-state index is 0.286. The number of carbonyl (C=O) groups excluding carboxylic acids is 1. The predicted octanol–water partition coefficient (Wildman–Crippen LogP) is 10.2. The molecule has 3 nitrogen and oxygen atoms in total. The van der Waals surface area contributed by atoms with Gasteiger partial charge in [0, 0.05) is 24.7 Å². The van der Waals surface area contributed by atoms with Crippen LogP contribution in [0.1, 0.15) is 130 Å². The zero-order valence-electron chi connectivity index (χ0n) is 23.2. The van der Waals surface area contributed by atoms with Crippen molar-refractivity contribution in [3.63, 3.8) is 0 Å². The lowest BCUT2D eigenvalue weighted by Crippen LogP contribution is -2.16. The molecule has 0 amide bonds. The molecule has 0 aliphatic carbocycles. The third-order valence-electron chi connectivity index (χ3n) is 6.25. The molecule has 0 rings (SSSR count). The van der Waals surface area contributed by atoms with E-state index in [1.54, 1.807) is 6.66 Å². The van der Waals surface area contributed by atoms with Crippen molar-refractivity contribution in [3.8, 4) is 0 Å². The molecular formula is C30H55O3P. The molecule has 0 bridgehead atoms. The van der Waals surface area contributed by atoms with Crippen LogP contribution in [0, 0.1) is 0 Å². The zero-order chi connectivity index (χ0) is 25.5. The number of rotatable bonds is 22. The van der Waals surface area contributed by atoms with Crippen LogP contribution in [0.4, 0.5) is 0 Å². The van der Waals surface area contributed by atoms with Gasteiger partial charge in [0.05, 0.1) is 6.61 Å². The van der Waals surface area contributed by atoms with Crippen LogP contribution >= 0.6 is 7.37 Å². The minimum Gasteiger partial charge on any atom is -0.328 e. The van der Waals surface area contributed by atoms with E-state index in [9.17, 15) is 9.36 Å². The summed E-state index contributed by atoms with van der Waals surface area (Å²) in [4.78, 5) is 12.0. The van der Waals surface area contributed by atoms with E-state index in [1.165, 1.54) is 25.7 Å². The molecule has 34 heavy (non-hydrogen) atoms. The normalized spacial score (nSPS) is 14.5. The molecule has 0 spiro atoms. The lowest BCUT2D eigenvalue weighted by Gasteiger charge is -2.27. The molecule has 0 heterocycles. The summed E-state index contributed by atoms with van der Waals surface area (Å²) in [6, 6.07) is 0.